The Morgan fingerprint density at radius 2 is 2.13 bits per heavy atom. The quantitative estimate of drug-likeness (QED) is 0.521. The van der Waals surface area contributed by atoms with Crippen LogP contribution in [-0.4, -0.2) is 30.7 Å². The zero-order valence-electron chi connectivity index (χ0n) is 18.4. The number of hydrogen-bond donors (Lipinski definition) is 1. The van der Waals surface area contributed by atoms with Gasteiger partial charge in [-0.15, -0.1) is 0 Å². The molecule has 1 aliphatic heterocycles. The van der Waals surface area contributed by atoms with Crippen molar-refractivity contribution in [1.82, 2.24) is 19.7 Å². The van der Waals surface area contributed by atoms with E-state index < -0.39 is 12.4 Å². The summed E-state index contributed by atoms with van der Waals surface area (Å²) in [7, 11) is 1.68. The van der Waals surface area contributed by atoms with E-state index in [1.165, 1.54) is 21.7 Å². The van der Waals surface area contributed by atoms with E-state index >= 15 is 4.39 Å². The molecule has 0 bridgehead atoms. The monoisotopic (exact) mass is 438 g/mol. The summed E-state index contributed by atoms with van der Waals surface area (Å²) in [5.74, 6) is -0.781. The van der Waals surface area contributed by atoms with Gasteiger partial charge in [0.05, 0.1) is 39.2 Å². The lowest BCUT2D eigenvalue weighted by molar-refractivity contribution is 0.0765. The standard InChI is InChI=1S/C23H18ClFN4O2/c1-28-9-17-15(5-4-13(12-30)22(17)27-28)14-7-19(24)18(20(25)8-14)10-29-11-21-16(23(29)31)3-2-6-26-21/h2-9,30H,10-12H2,1H3/i12D2. The molecule has 0 saturated heterocycles. The fraction of sp³-hybridized carbons (Fsp3) is 0.174. The van der Waals surface area contributed by atoms with E-state index in [0.717, 1.165) is 0 Å². The molecular formula is C23H18ClFN4O2. The maximum Gasteiger partial charge on any atom is 0.256 e. The van der Waals surface area contributed by atoms with Gasteiger partial charge in [0.15, 0.2) is 0 Å². The molecule has 2 aromatic carbocycles. The second-order valence-corrected chi connectivity index (χ2v) is 7.82. The number of fused-ring (bicyclic) bond motifs is 2. The van der Waals surface area contributed by atoms with Crippen LogP contribution >= 0.6 is 11.6 Å². The third-order valence-electron chi connectivity index (χ3n) is 5.46. The van der Waals surface area contributed by atoms with Crippen LogP contribution in [0.15, 0.2) is 48.8 Å². The summed E-state index contributed by atoms with van der Waals surface area (Å²) in [6.07, 6.45) is 3.29. The molecule has 5 rings (SSSR count). The number of nitrogens with zero attached hydrogens (tertiary/aromatic N) is 4. The van der Waals surface area contributed by atoms with Crippen molar-refractivity contribution in [1.29, 1.82) is 0 Å². The number of aromatic nitrogens is 3. The van der Waals surface area contributed by atoms with Gasteiger partial charge in [0, 0.05) is 41.0 Å². The Labute approximate surface area is 185 Å². The van der Waals surface area contributed by atoms with Gasteiger partial charge in [0.25, 0.3) is 5.91 Å². The minimum atomic E-state index is -2.58. The minimum Gasteiger partial charge on any atom is -0.392 e. The van der Waals surface area contributed by atoms with Gasteiger partial charge >= 0.3 is 0 Å². The van der Waals surface area contributed by atoms with Crippen molar-refractivity contribution in [2.75, 3.05) is 0 Å². The number of amides is 1. The van der Waals surface area contributed by atoms with E-state index in [4.69, 9.17) is 14.3 Å². The summed E-state index contributed by atoms with van der Waals surface area (Å²) >= 11 is 6.47. The Morgan fingerprint density at radius 3 is 2.87 bits per heavy atom. The van der Waals surface area contributed by atoms with Crippen LogP contribution < -0.4 is 0 Å². The first-order valence-corrected chi connectivity index (χ1v) is 9.92. The Balaban J connectivity index is 1.53. The molecule has 0 atom stereocenters. The van der Waals surface area contributed by atoms with Crippen molar-refractivity contribution in [3.05, 3.63) is 82.0 Å². The lowest BCUT2D eigenvalue weighted by Gasteiger charge is -2.18. The van der Waals surface area contributed by atoms with Crippen LogP contribution in [0.4, 0.5) is 4.39 Å². The van der Waals surface area contributed by atoms with Crippen LogP contribution in [0.5, 0.6) is 0 Å². The number of rotatable bonds is 4. The first-order valence-electron chi connectivity index (χ1n) is 10.5. The van der Waals surface area contributed by atoms with Crippen molar-refractivity contribution in [2.45, 2.75) is 19.6 Å². The molecule has 0 unspecified atom stereocenters. The van der Waals surface area contributed by atoms with Crippen molar-refractivity contribution < 1.29 is 17.0 Å². The van der Waals surface area contributed by atoms with Gasteiger partial charge in [0.1, 0.15) is 5.82 Å². The topological polar surface area (TPSA) is 71.2 Å². The summed E-state index contributed by atoms with van der Waals surface area (Å²) < 4.78 is 32.0. The number of carbonyl (C=O) groups is 1. The maximum absolute atomic E-state index is 15.2. The molecule has 6 nitrogen and oxygen atoms in total. The summed E-state index contributed by atoms with van der Waals surface area (Å²) in [5, 5.41) is 14.9. The van der Waals surface area contributed by atoms with Crippen molar-refractivity contribution in [3.63, 3.8) is 0 Å². The Hall–Kier alpha value is -3.29. The minimum absolute atomic E-state index is 0.00605. The summed E-state index contributed by atoms with van der Waals surface area (Å²) in [5.41, 5.74) is 2.72. The number of pyridine rings is 1. The van der Waals surface area contributed by atoms with E-state index in [0.29, 0.717) is 27.8 Å². The molecule has 4 aromatic rings. The Morgan fingerprint density at radius 1 is 1.29 bits per heavy atom. The van der Waals surface area contributed by atoms with E-state index in [1.54, 1.807) is 43.7 Å². The molecule has 1 aliphatic rings. The highest BCUT2D eigenvalue weighted by Gasteiger charge is 2.29. The number of aliphatic hydroxyl groups is 1. The zero-order chi connectivity index (χ0) is 23.5. The van der Waals surface area contributed by atoms with Crippen LogP contribution in [0.1, 0.15) is 29.9 Å². The summed E-state index contributed by atoms with van der Waals surface area (Å²) in [6.45, 7) is -2.29. The molecule has 0 aliphatic carbocycles. The molecular weight excluding hydrogens is 419 g/mol. The average Bonchev–Trinajstić information content (AvgIpc) is 3.28. The van der Waals surface area contributed by atoms with Gasteiger partial charge < -0.3 is 10.0 Å². The van der Waals surface area contributed by atoms with E-state index in [1.807, 2.05) is 0 Å². The van der Waals surface area contributed by atoms with Gasteiger partial charge in [-0.2, -0.15) is 5.10 Å². The second-order valence-electron chi connectivity index (χ2n) is 7.41. The van der Waals surface area contributed by atoms with Crippen LogP contribution in [-0.2, 0) is 26.7 Å². The SMILES string of the molecule is [2H]C([2H])(O)c1ccc(-c2cc(F)c(CN3Cc4ncccc4C3=O)c(Cl)c2)c2cn(C)nc12. The van der Waals surface area contributed by atoms with Crippen LogP contribution in [0.3, 0.4) is 0 Å². The number of hydrogen-bond acceptors (Lipinski definition) is 4. The molecule has 0 spiro atoms. The normalized spacial score (nSPS) is 14.7. The molecule has 0 radical (unpaired) electrons. The predicted molar refractivity (Wildman–Crippen MR) is 115 cm³/mol. The number of carbonyl (C=O) groups excluding carboxylic acids is 1. The highest BCUT2D eigenvalue weighted by molar-refractivity contribution is 6.31. The first-order chi connectivity index (χ1) is 15.6. The fourth-order valence-corrected chi connectivity index (χ4v) is 4.24. The van der Waals surface area contributed by atoms with E-state index in [-0.39, 0.29) is 40.7 Å². The predicted octanol–water partition coefficient (Wildman–Crippen LogP) is 4.08. The van der Waals surface area contributed by atoms with Crippen LogP contribution in [0.2, 0.25) is 5.02 Å². The number of aryl methyl sites for hydroxylation is 1. The van der Waals surface area contributed by atoms with Gasteiger partial charge in [-0.05, 0) is 35.4 Å². The van der Waals surface area contributed by atoms with Gasteiger partial charge in [-0.1, -0.05) is 23.7 Å². The van der Waals surface area contributed by atoms with E-state index in [9.17, 15) is 9.90 Å². The van der Waals surface area contributed by atoms with Crippen molar-refractivity contribution >= 4 is 28.4 Å². The molecule has 2 aromatic heterocycles. The highest BCUT2D eigenvalue weighted by Crippen LogP contribution is 2.35. The van der Waals surface area contributed by atoms with Crippen molar-refractivity contribution in [2.24, 2.45) is 7.05 Å². The second kappa shape index (κ2) is 7.44. The third kappa shape index (κ3) is 3.26. The molecule has 31 heavy (non-hydrogen) atoms. The smallest absolute Gasteiger partial charge is 0.256 e. The number of benzene rings is 2. The molecule has 0 fully saturated rings. The summed E-state index contributed by atoms with van der Waals surface area (Å²) in [4.78, 5) is 18.3. The zero-order valence-corrected chi connectivity index (χ0v) is 17.2. The molecule has 3 heterocycles. The Bertz CT molecular complexity index is 1410. The molecule has 156 valence electrons. The lowest BCUT2D eigenvalue weighted by atomic mass is 9.98. The molecule has 8 heteroatoms. The molecule has 0 saturated carbocycles. The fourth-order valence-electron chi connectivity index (χ4n) is 3.97. The average molecular weight is 439 g/mol. The van der Waals surface area contributed by atoms with Crippen molar-refractivity contribution in [3.8, 4) is 11.1 Å². The molecule has 1 amide bonds. The maximum atomic E-state index is 15.2. The van der Waals surface area contributed by atoms with Crippen LogP contribution in [0, 0.1) is 5.82 Å². The number of halogens is 2. The van der Waals surface area contributed by atoms with Gasteiger partial charge in [-0.25, -0.2) is 4.39 Å². The van der Waals surface area contributed by atoms with Gasteiger partial charge in [0.2, 0.25) is 0 Å². The van der Waals surface area contributed by atoms with Gasteiger partial charge in [-0.3, -0.25) is 14.5 Å². The van der Waals surface area contributed by atoms with Crippen LogP contribution in [0.25, 0.3) is 22.0 Å². The highest BCUT2D eigenvalue weighted by atomic mass is 35.5. The molecule has 1 N–H and O–H groups in total. The largest absolute Gasteiger partial charge is 0.392 e. The lowest BCUT2D eigenvalue weighted by Crippen LogP contribution is -2.24. The third-order valence-corrected chi connectivity index (χ3v) is 5.80. The Kier molecular flexibility index (Phi) is 4.18. The van der Waals surface area contributed by atoms with E-state index in [2.05, 4.69) is 10.1 Å². The first kappa shape index (κ1) is 17.4. The summed E-state index contributed by atoms with van der Waals surface area (Å²) in [6, 6.07) is 9.36.